The Labute approximate surface area is 181 Å². The minimum absolute atomic E-state index is 0.725. The third kappa shape index (κ3) is 4.92. The first-order valence-electron chi connectivity index (χ1n) is 10.0. The summed E-state index contributed by atoms with van der Waals surface area (Å²) in [7, 11) is 0. The molecule has 4 aromatic rings. The van der Waals surface area contributed by atoms with Gasteiger partial charge in [0.15, 0.2) is 0 Å². The van der Waals surface area contributed by atoms with Crippen molar-refractivity contribution in [1.82, 2.24) is 10.2 Å². The number of aromatic nitrogens is 2. The summed E-state index contributed by atoms with van der Waals surface area (Å²) in [5.74, 6) is 0. The van der Waals surface area contributed by atoms with Gasteiger partial charge in [0, 0.05) is 16.1 Å². The van der Waals surface area contributed by atoms with Gasteiger partial charge in [0.05, 0.1) is 0 Å². The van der Waals surface area contributed by atoms with Gasteiger partial charge in [-0.3, -0.25) is 0 Å². The molecule has 29 heavy (non-hydrogen) atoms. The number of hydrogen-bond acceptors (Lipinski definition) is 3. The van der Waals surface area contributed by atoms with E-state index >= 15 is 0 Å². The Bertz CT molecular complexity index is 1050. The molecular weight excluding hydrogens is 396 g/mol. The van der Waals surface area contributed by atoms with Gasteiger partial charge in [0.2, 0.25) is 0 Å². The van der Waals surface area contributed by atoms with Crippen molar-refractivity contribution in [2.75, 3.05) is 0 Å². The summed E-state index contributed by atoms with van der Waals surface area (Å²) >= 11 is 7.56. The Morgan fingerprint density at radius 3 is 1.69 bits per heavy atom. The van der Waals surface area contributed by atoms with E-state index in [4.69, 9.17) is 11.6 Å². The quantitative estimate of drug-likeness (QED) is 0.285. The molecule has 0 aliphatic carbocycles. The van der Waals surface area contributed by atoms with Crippen LogP contribution in [0.15, 0.2) is 72.8 Å². The van der Waals surface area contributed by atoms with Crippen LogP contribution in [-0.4, -0.2) is 10.2 Å². The van der Waals surface area contributed by atoms with Crippen molar-refractivity contribution in [2.24, 2.45) is 0 Å². The van der Waals surface area contributed by atoms with Crippen molar-refractivity contribution >= 4 is 22.9 Å². The third-order valence-electron chi connectivity index (χ3n) is 5.00. The average Bonchev–Trinajstić information content (AvgIpc) is 3.25. The molecule has 1 heterocycles. The monoisotopic (exact) mass is 418 g/mol. The van der Waals surface area contributed by atoms with Crippen LogP contribution in [0.4, 0.5) is 0 Å². The van der Waals surface area contributed by atoms with Crippen molar-refractivity contribution in [1.29, 1.82) is 0 Å². The molecule has 0 N–H and O–H groups in total. The normalized spacial score (nSPS) is 11.0. The lowest BCUT2D eigenvalue weighted by atomic mass is 10.0. The molecule has 0 aliphatic rings. The maximum Gasteiger partial charge on any atom is 0.148 e. The van der Waals surface area contributed by atoms with E-state index in [1.165, 1.54) is 42.4 Å². The molecule has 0 saturated carbocycles. The SMILES string of the molecule is CCCCCc1ccc(-c2ccc(-c3nnc(-c4ccc(Cl)cc4)s3)cc2)cc1. The highest BCUT2D eigenvalue weighted by atomic mass is 35.5. The van der Waals surface area contributed by atoms with E-state index in [1.807, 2.05) is 24.3 Å². The number of hydrogen-bond donors (Lipinski definition) is 0. The average molecular weight is 419 g/mol. The van der Waals surface area contributed by atoms with Crippen LogP contribution in [-0.2, 0) is 6.42 Å². The summed E-state index contributed by atoms with van der Waals surface area (Å²) in [6, 6.07) is 25.2. The van der Waals surface area contributed by atoms with E-state index in [9.17, 15) is 0 Å². The van der Waals surface area contributed by atoms with Crippen LogP contribution < -0.4 is 0 Å². The van der Waals surface area contributed by atoms with Gasteiger partial charge < -0.3 is 0 Å². The van der Waals surface area contributed by atoms with Crippen molar-refractivity contribution in [2.45, 2.75) is 32.6 Å². The van der Waals surface area contributed by atoms with Gasteiger partial charge >= 0.3 is 0 Å². The zero-order valence-electron chi connectivity index (χ0n) is 16.4. The first-order valence-corrected chi connectivity index (χ1v) is 11.2. The molecule has 1 aromatic heterocycles. The van der Waals surface area contributed by atoms with Crippen molar-refractivity contribution in [3.63, 3.8) is 0 Å². The number of nitrogens with zero attached hydrogens (tertiary/aromatic N) is 2. The first kappa shape index (κ1) is 19.8. The van der Waals surface area contributed by atoms with Crippen LogP contribution in [0.5, 0.6) is 0 Å². The maximum absolute atomic E-state index is 5.97. The van der Waals surface area contributed by atoms with E-state index < -0.39 is 0 Å². The van der Waals surface area contributed by atoms with Crippen LogP contribution in [0.2, 0.25) is 5.02 Å². The lowest BCUT2D eigenvalue weighted by Gasteiger charge is -2.05. The van der Waals surface area contributed by atoms with E-state index in [1.54, 1.807) is 11.3 Å². The Morgan fingerprint density at radius 1 is 0.655 bits per heavy atom. The maximum atomic E-state index is 5.97. The van der Waals surface area contributed by atoms with E-state index in [0.717, 1.165) is 26.2 Å². The fourth-order valence-electron chi connectivity index (χ4n) is 3.30. The summed E-state index contributed by atoms with van der Waals surface area (Å²) < 4.78 is 0. The molecule has 0 atom stereocenters. The molecule has 0 radical (unpaired) electrons. The van der Waals surface area contributed by atoms with Crippen LogP contribution in [0.3, 0.4) is 0 Å². The molecule has 0 unspecified atom stereocenters. The zero-order chi connectivity index (χ0) is 20.1. The van der Waals surface area contributed by atoms with E-state index in [-0.39, 0.29) is 0 Å². The molecule has 0 amide bonds. The van der Waals surface area contributed by atoms with Gasteiger partial charge in [-0.15, -0.1) is 10.2 Å². The highest BCUT2D eigenvalue weighted by Crippen LogP contribution is 2.31. The number of rotatable bonds is 7. The Kier molecular flexibility index (Phi) is 6.38. The molecule has 146 valence electrons. The van der Waals surface area contributed by atoms with E-state index in [2.05, 4.69) is 65.7 Å². The van der Waals surface area contributed by atoms with Crippen molar-refractivity contribution < 1.29 is 0 Å². The minimum atomic E-state index is 0.725. The topological polar surface area (TPSA) is 25.8 Å². The minimum Gasteiger partial charge on any atom is -0.138 e. The van der Waals surface area contributed by atoms with Crippen molar-refractivity contribution in [3.05, 3.63) is 83.4 Å². The molecular formula is C25H23ClN2S. The number of unbranched alkanes of at least 4 members (excludes halogenated alkanes) is 2. The van der Waals surface area contributed by atoms with Gasteiger partial charge in [0.25, 0.3) is 0 Å². The molecule has 0 fully saturated rings. The molecule has 0 aliphatic heterocycles. The van der Waals surface area contributed by atoms with Gasteiger partial charge in [0.1, 0.15) is 10.0 Å². The number of benzene rings is 3. The van der Waals surface area contributed by atoms with Crippen LogP contribution in [0.25, 0.3) is 32.3 Å². The summed E-state index contributed by atoms with van der Waals surface area (Å²) in [5, 5.41) is 11.3. The Hall–Kier alpha value is -2.49. The lowest BCUT2D eigenvalue weighted by Crippen LogP contribution is -1.86. The molecule has 0 spiro atoms. The lowest BCUT2D eigenvalue weighted by molar-refractivity contribution is 0.717. The summed E-state index contributed by atoms with van der Waals surface area (Å²) in [6.45, 7) is 2.24. The Balaban J connectivity index is 1.47. The van der Waals surface area contributed by atoms with Crippen LogP contribution in [0, 0.1) is 0 Å². The highest BCUT2D eigenvalue weighted by molar-refractivity contribution is 7.17. The Morgan fingerprint density at radius 2 is 1.14 bits per heavy atom. The second-order valence-corrected chi connectivity index (χ2v) is 8.56. The standard InChI is InChI=1S/C25H23ClN2S/c1-2-3-4-5-18-6-8-19(9-7-18)20-10-12-21(13-11-20)24-27-28-25(29-24)22-14-16-23(26)17-15-22/h6-17H,2-5H2,1H3. The smallest absolute Gasteiger partial charge is 0.138 e. The highest BCUT2D eigenvalue weighted by Gasteiger charge is 2.09. The van der Waals surface area contributed by atoms with Gasteiger partial charge in [-0.05, 0) is 41.7 Å². The molecule has 0 bridgehead atoms. The molecule has 4 heteroatoms. The van der Waals surface area contributed by atoms with Gasteiger partial charge in [-0.1, -0.05) is 103 Å². The largest absolute Gasteiger partial charge is 0.148 e. The zero-order valence-corrected chi connectivity index (χ0v) is 18.0. The fourth-order valence-corrected chi connectivity index (χ4v) is 4.28. The van der Waals surface area contributed by atoms with Gasteiger partial charge in [-0.25, -0.2) is 0 Å². The van der Waals surface area contributed by atoms with E-state index in [0.29, 0.717) is 0 Å². The molecule has 3 aromatic carbocycles. The molecule has 0 saturated heterocycles. The first-order chi connectivity index (χ1) is 14.2. The number of halogens is 1. The third-order valence-corrected chi connectivity index (χ3v) is 6.28. The van der Waals surface area contributed by atoms with Crippen LogP contribution in [0.1, 0.15) is 31.7 Å². The predicted molar refractivity (Wildman–Crippen MR) is 124 cm³/mol. The fraction of sp³-hybridized carbons (Fsp3) is 0.200. The van der Waals surface area contributed by atoms with Crippen LogP contribution >= 0.6 is 22.9 Å². The molecule has 2 nitrogen and oxygen atoms in total. The predicted octanol–water partition coefficient (Wildman–Crippen LogP) is 7.93. The van der Waals surface area contributed by atoms with Crippen molar-refractivity contribution in [3.8, 4) is 32.3 Å². The van der Waals surface area contributed by atoms with Gasteiger partial charge in [-0.2, -0.15) is 0 Å². The summed E-state index contributed by atoms with van der Waals surface area (Å²) in [6.07, 6.45) is 5.00. The summed E-state index contributed by atoms with van der Waals surface area (Å²) in [4.78, 5) is 0. The second-order valence-electron chi connectivity index (χ2n) is 7.15. The summed E-state index contributed by atoms with van der Waals surface area (Å²) in [5.41, 5.74) is 6.00. The molecule has 4 rings (SSSR count). The second kappa shape index (κ2) is 9.34. The number of aryl methyl sites for hydroxylation is 1.